The molecule has 0 unspecified atom stereocenters. The first-order valence-electron chi connectivity index (χ1n) is 5.14. The van der Waals surface area contributed by atoms with Gasteiger partial charge >= 0.3 is 99.4 Å². The number of aryl methyl sites for hydroxylation is 1. The number of hydrogen-bond acceptors (Lipinski definition) is 2. The van der Waals surface area contributed by atoms with Crippen LogP contribution in [0.4, 0.5) is 0 Å². The SMILES string of the molecule is Cc1ccc(-c2cc[c]([Sn]([CH3])([CH3])[CH3])o2)s1. The van der Waals surface area contributed by atoms with Crippen LogP contribution in [0.15, 0.2) is 28.7 Å². The van der Waals surface area contributed by atoms with Crippen molar-refractivity contribution in [1.82, 2.24) is 0 Å². The molecule has 0 aliphatic rings. The second kappa shape index (κ2) is 3.98. The first-order valence-corrected chi connectivity index (χ1v) is 15.9. The zero-order chi connectivity index (χ0) is 11.1. The van der Waals surface area contributed by atoms with Crippen molar-refractivity contribution in [2.75, 3.05) is 0 Å². The van der Waals surface area contributed by atoms with Gasteiger partial charge in [0.2, 0.25) is 0 Å². The van der Waals surface area contributed by atoms with Gasteiger partial charge in [-0.05, 0) is 0 Å². The second-order valence-corrected chi connectivity index (χ2v) is 20.4. The maximum atomic E-state index is 5.95. The summed E-state index contributed by atoms with van der Waals surface area (Å²) in [4.78, 5) is 9.70. The van der Waals surface area contributed by atoms with Crippen molar-refractivity contribution < 1.29 is 4.42 Å². The van der Waals surface area contributed by atoms with Gasteiger partial charge in [-0.25, -0.2) is 0 Å². The predicted molar refractivity (Wildman–Crippen MR) is 69.7 cm³/mol. The summed E-state index contributed by atoms with van der Waals surface area (Å²) in [7, 11) is 0. The minimum atomic E-state index is -2.01. The maximum absolute atomic E-state index is 5.95. The molecule has 0 saturated carbocycles. The summed E-state index contributed by atoms with van der Waals surface area (Å²) in [5.74, 6) is 1.04. The van der Waals surface area contributed by atoms with E-state index in [9.17, 15) is 0 Å². The van der Waals surface area contributed by atoms with Gasteiger partial charge in [-0.1, -0.05) is 0 Å². The molecule has 0 saturated heterocycles. The Hall–Kier alpha value is -0.221. The van der Waals surface area contributed by atoms with Crippen LogP contribution in [-0.4, -0.2) is 18.4 Å². The molecule has 0 spiro atoms. The molecule has 3 heteroatoms. The molecule has 0 atom stereocenters. The fraction of sp³-hybridized carbons (Fsp3) is 0.333. The van der Waals surface area contributed by atoms with Crippen LogP contribution in [0, 0.1) is 6.92 Å². The number of rotatable bonds is 2. The molecule has 0 fully saturated rings. The van der Waals surface area contributed by atoms with Gasteiger partial charge in [-0.15, -0.1) is 0 Å². The molecule has 0 aromatic carbocycles. The third kappa shape index (κ3) is 2.48. The molecular weight excluding hydrogens is 311 g/mol. The van der Waals surface area contributed by atoms with Gasteiger partial charge < -0.3 is 0 Å². The van der Waals surface area contributed by atoms with Crippen LogP contribution in [0.1, 0.15) is 4.88 Å². The summed E-state index contributed by atoms with van der Waals surface area (Å²) < 4.78 is 7.21. The van der Waals surface area contributed by atoms with E-state index in [1.54, 1.807) is 11.3 Å². The van der Waals surface area contributed by atoms with Gasteiger partial charge in [0.05, 0.1) is 0 Å². The van der Waals surface area contributed by atoms with E-state index in [0.717, 1.165) is 5.76 Å². The Morgan fingerprint density at radius 3 is 2.27 bits per heavy atom. The van der Waals surface area contributed by atoms with Crippen LogP contribution >= 0.6 is 11.3 Å². The Kier molecular flexibility index (Phi) is 2.99. The first kappa shape index (κ1) is 11.3. The molecule has 0 radical (unpaired) electrons. The fourth-order valence-electron chi connectivity index (χ4n) is 1.44. The molecule has 0 aliphatic heterocycles. The topological polar surface area (TPSA) is 13.1 Å². The summed E-state index contributed by atoms with van der Waals surface area (Å²) >= 11 is -0.217. The van der Waals surface area contributed by atoms with Crippen molar-refractivity contribution in [1.29, 1.82) is 0 Å². The van der Waals surface area contributed by atoms with Crippen molar-refractivity contribution in [3.63, 3.8) is 0 Å². The zero-order valence-electron chi connectivity index (χ0n) is 9.63. The van der Waals surface area contributed by atoms with Crippen molar-refractivity contribution >= 4 is 33.5 Å². The molecule has 15 heavy (non-hydrogen) atoms. The molecular formula is C12H16OSSn. The Balaban J connectivity index is 2.36. The molecule has 2 heterocycles. The van der Waals surface area contributed by atoms with E-state index in [4.69, 9.17) is 4.42 Å². The van der Waals surface area contributed by atoms with Crippen molar-refractivity contribution in [3.8, 4) is 10.6 Å². The summed E-state index contributed by atoms with van der Waals surface area (Å²) in [6.07, 6.45) is 0. The van der Waals surface area contributed by atoms with Crippen LogP contribution in [0.2, 0.25) is 14.8 Å². The van der Waals surface area contributed by atoms with Crippen LogP contribution in [0.25, 0.3) is 10.6 Å². The molecule has 2 aromatic heterocycles. The Morgan fingerprint density at radius 1 is 1.07 bits per heavy atom. The summed E-state index contributed by atoms with van der Waals surface area (Å²) in [6.45, 7) is 2.13. The van der Waals surface area contributed by atoms with Gasteiger partial charge in [0.15, 0.2) is 0 Å². The molecule has 0 N–H and O–H groups in total. The van der Waals surface area contributed by atoms with E-state index >= 15 is 0 Å². The van der Waals surface area contributed by atoms with Crippen LogP contribution in [0.5, 0.6) is 0 Å². The normalized spacial score (nSPS) is 12.0. The summed E-state index contributed by atoms with van der Waals surface area (Å²) in [6, 6.07) is 8.56. The van der Waals surface area contributed by atoms with E-state index in [-0.39, 0.29) is 0 Å². The summed E-state index contributed by atoms with van der Waals surface area (Å²) in [5, 5.41) is 0. The van der Waals surface area contributed by atoms with Crippen LogP contribution in [0.3, 0.4) is 0 Å². The Labute approximate surface area is 99.0 Å². The Bertz CT molecular complexity index is 462. The number of thiophene rings is 1. The quantitative estimate of drug-likeness (QED) is 0.764. The van der Waals surface area contributed by atoms with Gasteiger partial charge in [0.25, 0.3) is 0 Å². The van der Waals surface area contributed by atoms with Gasteiger partial charge in [0, 0.05) is 0 Å². The third-order valence-electron chi connectivity index (χ3n) is 2.33. The van der Waals surface area contributed by atoms with E-state index in [1.165, 1.54) is 13.5 Å². The fourth-order valence-corrected chi connectivity index (χ4v) is 5.12. The molecule has 80 valence electrons. The molecule has 2 rings (SSSR count). The minimum absolute atomic E-state index is 1.04. The molecule has 2 aromatic rings. The molecule has 0 amide bonds. The van der Waals surface area contributed by atoms with Crippen LogP contribution < -0.4 is 3.78 Å². The third-order valence-corrected chi connectivity index (χ3v) is 8.33. The van der Waals surface area contributed by atoms with E-state index in [2.05, 4.69) is 46.0 Å². The van der Waals surface area contributed by atoms with Gasteiger partial charge in [-0.3, -0.25) is 0 Å². The van der Waals surface area contributed by atoms with E-state index in [0.29, 0.717) is 0 Å². The predicted octanol–water partition coefficient (Wildman–Crippen LogP) is 3.86. The molecule has 0 bridgehead atoms. The molecule has 0 aliphatic carbocycles. The molecule has 1 nitrogen and oxygen atoms in total. The standard InChI is InChI=1S/C9H7OS.3CH3.Sn/c1-7-4-5-9(11-7)8-3-2-6-10-8;;;;/h2-5H,1H3;3*1H3;. The van der Waals surface area contributed by atoms with Crippen LogP contribution in [-0.2, 0) is 0 Å². The Morgan fingerprint density at radius 2 is 1.80 bits per heavy atom. The van der Waals surface area contributed by atoms with Gasteiger partial charge in [-0.2, -0.15) is 0 Å². The van der Waals surface area contributed by atoms with Crippen molar-refractivity contribution in [3.05, 3.63) is 29.1 Å². The zero-order valence-corrected chi connectivity index (χ0v) is 13.3. The number of furan rings is 1. The van der Waals surface area contributed by atoms with E-state index in [1.807, 2.05) is 0 Å². The second-order valence-electron chi connectivity index (χ2n) is 4.82. The monoisotopic (exact) mass is 328 g/mol. The van der Waals surface area contributed by atoms with Gasteiger partial charge in [0.1, 0.15) is 0 Å². The first-order chi connectivity index (χ1) is 6.97. The van der Waals surface area contributed by atoms with Crippen molar-refractivity contribution in [2.45, 2.75) is 21.7 Å². The average molecular weight is 327 g/mol. The van der Waals surface area contributed by atoms with Crippen molar-refractivity contribution in [2.24, 2.45) is 0 Å². The average Bonchev–Trinajstić information content (AvgIpc) is 2.69. The summed E-state index contributed by atoms with van der Waals surface area (Å²) in [5.41, 5.74) is 0. The number of hydrogen-bond donors (Lipinski definition) is 0. The van der Waals surface area contributed by atoms with E-state index < -0.39 is 18.4 Å².